The zero-order valence-electron chi connectivity index (χ0n) is 4.95. The monoisotopic (exact) mass is 152 g/mol. The summed E-state index contributed by atoms with van der Waals surface area (Å²) in [6.45, 7) is 2.05. The first-order valence-corrected chi connectivity index (χ1v) is 3.63. The summed E-state index contributed by atoms with van der Waals surface area (Å²) in [4.78, 5) is 0. The molecule has 0 aliphatic heterocycles. The molecule has 0 rings (SSSR count). The summed E-state index contributed by atoms with van der Waals surface area (Å²) < 4.78 is 0. The highest BCUT2D eigenvalue weighted by atomic mass is 35.5. The highest BCUT2D eigenvalue weighted by molar-refractivity contribution is 6.30. The number of rotatable bonds is 3. The smallest absolute Gasteiger partial charge is 0.0272 e. The predicted molar refractivity (Wildman–Crippen MR) is 39.6 cm³/mol. The van der Waals surface area contributed by atoms with Gasteiger partial charge in [-0.15, -0.1) is 11.6 Å². The van der Waals surface area contributed by atoms with Crippen molar-refractivity contribution in [2.45, 2.75) is 19.8 Å². The molecule has 0 aliphatic rings. The predicted octanol–water partition coefficient (Wildman–Crippen LogP) is 3.15. The third kappa shape index (κ3) is 4.48. The minimum Gasteiger partial charge on any atom is -0.126 e. The Morgan fingerprint density at radius 1 is 1.62 bits per heavy atom. The van der Waals surface area contributed by atoms with E-state index in [4.69, 9.17) is 23.2 Å². The van der Waals surface area contributed by atoms with Gasteiger partial charge in [0.15, 0.2) is 0 Å². The molecule has 2 heteroatoms. The molecule has 0 fully saturated rings. The molecular weight excluding hydrogens is 143 g/mol. The summed E-state index contributed by atoms with van der Waals surface area (Å²) in [6.07, 6.45) is 3.77. The molecule has 0 nitrogen and oxygen atoms in total. The number of allylic oxidation sites excluding steroid dienone is 2. The van der Waals surface area contributed by atoms with E-state index in [1.54, 1.807) is 0 Å². The molecule has 0 bridgehead atoms. The van der Waals surface area contributed by atoms with E-state index >= 15 is 0 Å². The fourth-order valence-electron chi connectivity index (χ4n) is 0.414. The van der Waals surface area contributed by atoms with Crippen molar-refractivity contribution in [2.75, 3.05) is 5.88 Å². The summed E-state index contributed by atoms with van der Waals surface area (Å²) in [5, 5.41) is 0.877. The van der Waals surface area contributed by atoms with E-state index in [9.17, 15) is 0 Å². The fourth-order valence-corrected chi connectivity index (χ4v) is 0.963. The summed E-state index contributed by atoms with van der Waals surface area (Å²) in [5.41, 5.74) is 0. The van der Waals surface area contributed by atoms with Gasteiger partial charge in [-0.2, -0.15) is 0 Å². The fraction of sp³-hybridized carbons (Fsp3) is 0.667. The largest absolute Gasteiger partial charge is 0.126 e. The minimum absolute atomic E-state index is 0.620. The van der Waals surface area contributed by atoms with Gasteiger partial charge in [0.2, 0.25) is 0 Å². The molecule has 0 aliphatic carbocycles. The summed E-state index contributed by atoms with van der Waals surface area (Å²) in [5.74, 6) is 0.620. The van der Waals surface area contributed by atoms with Crippen LogP contribution < -0.4 is 0 Å². The average molecular weight is 153 g/mol. The molecule has 0 amide bonds. The van der Waals surface area contributed by atoms with Crippen molar-refractivity contribution in [1.29, 1.82) is 0 Å². The third-order valence-corrected chi connectivity index (χ3v) is 1.29. The maximum atomic E-state index is 5.66. The summed E-state index contributed by atoms with van der Waals surface area (Å²) >= 11 is 11.1. The Labute approximate surface area is 60.5 Å². The van der Waals surface area contributed by atoms with Crippen LogP contribution in [0.3, 0.4) is 0 Å². The molecule has 0 heterocycles. The van der Waals surface area contributed by atoms with Crippen LogP contribution in [0.4, 0.5) is 0 Å². The van der Waals surface area contributed by atoms with E-state index in [1.165, 1.54) is 0 Å². The van der Waals surface area contributed by atoms with Crippen molar-refractivity contribution < 1.29 is 0 Å². The second-order valence-electron chi connectivity index (χ2n) is 1.50. The Balaban J connectivity index is 3.29. The normalized spacial score (nSPS) is 12.1. The first kappa shape index (κ1) is 8.32. The highest BCUT2D eigenvalue weighted by Crippen LogP contribution is 2.08. The molecule has 0 radical (unpaired) electrons. The van der Waals surface area contributed by atoms with Gasteiger partial charge in [0, 0.05) is 10.9 Å². The van der Waals surface area contributed by atoms with Crippen molar-refractivity contribution in [2.24, 2.45) is 0 Å². The maximum Gasteiger partial charge on any atom is 0.0272 e. The SMILES string of the molecule is CC/C=C(\Cl)CCCl. The van der Waals surface area contributed by atoms with Gasteiger partial charge >= 0.3 is 0 Å². The van der Waals surface area contributed by atoms with Gasteiger partial charge in [-0.05, 0) is 12.8 Å². The molecular formula is C6H10Cl2. The maximum absolute atomic E-state index is 5.66. The van der Waals surface area contributed by atoms with Crippen LogP contribution in [-0.4, -0.2) is 5.88 Å². The van der Waals surface area contributed by atoms with Crippen LogP contribution in [0.25, 0.3) is 0 Å². The van der Waals surface area contributed by atoms with E-state index in [0.717, 1.165) is 17.9 Å². The quantitative estimate of drug-likeness (QED) is 0.546. The van der Waals surface area contributed by atoms with Crippen molar-refractivity contribution in [3.63, 3.8) is 0 Å². The molecule has 0 spiro atoms. The van der Waals surface area contributed by atoms with Gasteiger partial charge in [-0.25, -0.2) is 0 Å². The summed E-state index contributed by atoms with van der Waals surface area (Å²) in [6, 6.07) is 0. The van der Waals surface area contributed by atoms with Crippen LogP contribution in [0, 0.1) is 0 Å². The van der Waals surface area contributed by atoms with Crippen molar-refractivity contribution >= 4 is 23.2 Å². The van der Waals surface area contributed by atoms with Gasteiger partial charge in [0.1, 0.15) is 0 Å². The Bertz CT molecular complexity index is 76.6. The number of alkyl halides is 1. The standard InChI is InChI=1S/C6H10Cl2/c1-2-3-6(8)4-5-7/h3H,2,4-5H2,1H3/b6-3-. The highest BCUT2D eigenvalue weighted by Gasteiger charge is 1.86. The van der Waals surface area contributed by atoms with Crippen molar-refractivity contribution in [3.05, 3.63) is 11.1 Å². The Morgan fingerprint density at radius 2 is 2.25 bits per heavy atom. The van der Waals surface area contributed by atoms with Crippen LogP contribution in [-0.2, 0) is 0 Å². The van der Waals surface area contributed by atoms with Gasteiger partial charge in [0.25, 0.3) is 0 Å². The van der Waals surface area contributed by atoms with Gasteiger partial charge in [-0.3, -0.25) is 0 Å². The minimum atomic E-state index is 0.620. The first-order chi connectivity index (χ1) is 3.81. The molecule has 8 heavy (non-hydrogen) atoms. The lowest BCUT2D eigenvalue weighted by molar-refractivity contribution is 1.14. The zero-order chi connectivity index (χ0) is 6.41. The van der Waals surface area contributed by atoms with Gasteiger partial charge in [-0.1, -0.05) is 24.6 Å². The topological polar surface area (TPSA) is 0 Å². The molecule has 0 saturated heterocycles. The Hall–Kier alpha value is 0.320. The van der Waals surface area contributed by atoms with Crippen LogP contribution >= 0.6 is 23.2 Å². The van der Waals surface area contributed by atoms with Crippen LogP contribution in [0.15, 0.2) is 11.1 Å². The van der Waals surface area contributed by atoms with E-state index in [-0.39, 0.29) is 0 Å². The molecule has 48 valence electrons. The first-order valence-electron chi connectivity index (χ1n) is 2.71. The van der Waals surface area contributed by atoms with E-state index in [1.807, 2.05) is 6.08 Å². The van der Waals surface area contributed by atoms with E-state index in [2.05, 4.69) is 6.92 Å². The number of hydrogen-bond donors (Lipinski definition) is 0. The van der Waals surface area contributed by atoms with Gasteiger partial charge < -0.3 is 0 Å². The van der Waals surface area contributed by atoms with Crippen LogP contribution in [0.2, 0.25) is 0 Å². The second-order valence-corrected chi connectivity index (χ2v) is 2.36. The molecule has 0 N–H and O–H groups in total. The van der Waals surface area contributed by atoms with Crippen molar-refractivity contribution in [3.8, 4) is 0 Å². The van der Waals surface area contributed by atoms with Crippen molar-refractivity contribution in [1.82, 2.24) is 0 Å². The molecule has 0 aromatic carbocycles. The lowest BCUT2D eigenvalue weighted by atomic mass is 10.3. The van der Waals surface area contributed by atoms with Crippen LogP contribution in [0.1, 0.15) is 19.8 Å². The second kappa shape index (κ2) is 5.46. The molecule has 0 aromatic rings. The van der Waals surface area contributed by atoms with E-state index < -0.39 is 0 Å². The molecule has 0 unspecified atom stereocenters. The summed E-state index contributed by atoms with van der Waals surface area (Å²) in [7, 11) is 0. The lowest BCUT2D eigenvalue weighted by Crippen LogP contribution is -1.73. The molecule has 0 aromatic heterocycles. The molecule has 0 atom stereocenters. The average Bonchev–Trinajstić information content (AvgIpc) is 1.68. The zero-order valence-corrected chi connectivity index (χ0v) is 6.47. The van der Waals surface area contributed by atoms with Crippen LogP contribution in [0.5, 0.6) is 0 Å². The third-order valence-electron chi connectivity index (χ3n) is 0.759. The molecule has 0 saturated carbocycles. The van der Waals surface area contributed by atoms with Gasteiger partial charge in [0.05, 0.1) is 0 Å². The number of hydrogen-bond acceptors (Lipinski definition) is 0. The van der Waals surface area contributed by atoms with E-state index in [0.29, 0.717) is 5.88 Å². The lowest BCUT2D eigenvalue weighted by Gasteiger charge is -1.89. The Kier molecular flexibility index (Phi) is 5.67. The number of halogens is 2. The Morgan fingerprint density at radius 3 is 2.62 bits per heavy atom.